The maximum atomic E-state index is 5.21. The van der Waals surface area contributed by atoms with Gasteiger partial charge in [0.15, 0.2) is 0 Å². The van der Waals surface area contributed by atoms with Gasteiger partial charge in [-0.2, -0.15) is 0 Å². The number of aryl methyl sites for hydroxylation is 1. The maximum Gasteiger partial charge on any atom is 0.150 e. The summed E-state index contributed by atoms with van der Waals surface area (Å²) < 4.78 is 6.04. The van der Waals surface area contributed by atoms with E-state index < -0.39 is 0 Å². The van der Waals surface area contributed by atoms with Gasteiger partial charge in [0.1, 0.15) is 28.2 Å². The molecule has 1 aromatic heterocycles. The summed E-state index contributed by atoms with van der Waals surface area (Å²) in [6, 6.07) is 5.87. The summed E-state index contributed by atoms with van der Waals surface area (Å²) in [4.78, 5) is 8.52. The lowest BCUT2D eigenvalue weighted by molar-refractivity contribution is 0.414. The molecule has 2 N–H and O–H groups in total. The highest BCUT2D eigenvalue weighted by Gasteiger charge is 2.09. The van der Waals surface area contributed by atoms with E-state index in [1.54, 1.807) is 13.4 Å². The van der Waals surface area contributed by atoms with Gasteiger partial charge >= 0.3 is 0 Å². The Balaban J connectivity index is 2.23. The topological polar surface area (TPSA) is 59.1 Å². The summed E-state index contributed by atoms with van der Waals surface area (Å²) in [7, 11) is 1.66. The fraction of sp³-hybridized carbons (Fsp3) is 0.333. The Labute approximate surface area is 133 Å². The molecule has 0 aliphatic rings. The van der Waals surface area contributed by atoms with E-state index >= 15 is 0 Å². The molecule has 112 valence electrons. The summed E-state index contributed by atoms with van der Waals surface area (Å²) in [6.07, 6.45) is 2.58. The summed E-state index contributed by atoms with van der Waals surface area (Å²) >= 11 is 3.55. The second-order valence-corrected chi connectivity index (χ2v) is 5.41. The van der Waals surface area contributed by atoms with E-state index in [9.17, 15) is 0 Å². The zero-order valence-corrected chi connectivity index (χ0v) is 14.0. The highest BCUT2D eigenvalue weighted by molar-refractivity contribution is 9.10. The van der Waals surface area contributed by atoms with Crippen molar-refractivity contribution in [2.45, 2.75) is 20.3 Å². The number of rotatable bonds is 6. The highest BCUT2D eigenvalue weighted by Crippen LogP contribution is 2.31. The zero-order valence-electron chi connectivity index (χ0n) is 12.4. The number of hydrogen-bond acceptors (Lipinski definition) is 5. The lowest BCUT2D eigenvalue weighted by Gasteiger charge is -2.13. The van der Waals surface area contributed by atoms with Crippen LogP contribution in [0.5, 0.6) is 5.75 Å². The monoisotopic (exact) mass is 350 g/mol. The number of nitrogens with zero attached hydrogens (tertiary/aromatic N) is 2. The number of ether oxygens (including phenoxy) is 1. The average Bonchev–Trinajstić information content (AvgIpc) is 2.50. The van der Waals surface area contributed by atoms with Gasteiger partial charge in [0, 0.05) is 12.2 Å². The van der Waals surface area contributed by atoms with E-state index in [-0.39, 0.29) is 0 Å². The van der Waals surface area contributed by atoms with Crippen LogP contribution in [0, 0.1) is 6.92 Å². The third-order valence-corrected chi connectivity index (χ3v) is 3.77. The minimum Gasteiger partial charge on any atom is -0.497 e. The van der Waals surface area contributed by atoms with Crippen molar-refractivity contribution in [3.05, 3.63) is 34.6 Å². The lowest BCUT2D eigenvalue weighted by atomic mass is 10.2. The van der Waals surface area contributed by atoms with Crippen LogP contribution in [0.1, 0.15) is 18.9 Å². The maximum absolute atomic E-state index is 5.21. The molecule has 0 amide bonds. The van der Waals surface area contributed by atoms with Crippen molar-refractivity contribution in [1.82, 2.24) is 9.97 Å². The normalized spacial score (nSPS) is 10.3. The minimum absolute atomic E-state index is 0.733. The van der Waals surface area contributed by atoms with Crippen molar-refractivity contribution >= 4 is 33.3 Å². The van der Waals surface area contributed by atoms with Gasteiger partial charge in [-0.15, -0.1) is 0 Å². The Kier molecular flexibility index (Phi) is 5.38. The van der Waals surface area contributed by atoms with Crippen LogP contribution in [0.4, 0.5) is 17.3 Å². The van der Waals surface area contributed by atoms with Gasteiger partial charge in [-0.05, 0) is 53.0 Å². The van der Waals surface area contributed by atoms with Gasteiger partial charge in [-0.25, -0.2) is 9.97 Å². The molecule has 0 atom stereocenters. The van der Waals surface area contributed by atoms with Crippen LogP contribution in [-0.2, 0) is 0 Å². The summed E-state index contributed by atoms with van der Waals surface area (Å²) in [5.41, 5.74) is 2.07. The molecule has 0 aliphatic carbocycles. The Hall–Kier alpha value is -1.82. The Morgan fingerprint density at radius 2 is 2.00 bits per heavy atom. The Bertz CT molecular complexity index is 619. The SMILES string of the molecule is CCCNc1ncnc(Nc2ccc(OC)cc2C)c1Br. The predicted molar refractivity (Wildman–Crippen MR) is 89.5 cm³/mol. The van der Waals surface area contributed by atoms with Crippen LogP contribution in [0.2, 0.25) is 0 Å². The van der Waals surface area contributed by atoms with Crippen molar-refractivity contribution in [2.75, 3.05) is 24.3 Å². The zero-order chi connectivity index (χ0) is 15.2. The van der Waals surface area contributed by atoms with Crippen LogP contribution in [-0.4, -0.2) is 23.6 Å². The molecule has 0 saturated heterocycles. The molecule has 1 heterocycles. The number of hydrogen-bond donors (Lipinski definition) is 2. The molecule has 0 unspecified atom stereocenters. The number of nitrogens with one attached hydrogen (secondary N) is 2. The van der Waals surface area contributed by atoms with E-state index in [1.807, 2.05) is 25.1 Å². The molecule has 1 aromatic carbocycles. The molecule has 0 bridgehead atoms. The Morgan fingerprint density at radius 1 is 1.24 bits per heavy atom. The standard InChI is InChI=1S/C15H19BrN4O/c1-4-7-17-14-13(16)15(19-9-18-14)20-12-6-5-11(21-3)8-10(12)2/h5-6,8-9H,4,7H2,1-3H3,(H2,17,18,19,20). The Morgan fingerprint density at radius 3 is 2.67 bits per heavy atom. The van der Waals surface area contributed by atoms with Crippen LogP contribution in [0.25, 0.3) is 0 Å². The van der Waals surface area contributed by atoms with Crippen molar-refractivity contribution in [1.29, 1.82) is 0 Å². The molecular weight excluding hydrogens is 332 g/mol. The fourth-order valence-corrected chi connectivity index (χ4v) is 2.30. The number of aromatic nitrogens is 2. The van der Waals surface area contributed by atoms with Gasteiger partial charge in [0.05, 0.1) is 7.11 Å². The summed E-state index contributed by atoms with van der Waals surface area (Å²) in [5, 5.41) is 6.58. The van der Waals surface area contributed by atoms with Crippen molar-refractivity contribution < 1.29 is 4.74 Å². The first-order chi connectivity index (χ1) is 10.2. The average molecular weight is 351 g/mol. The first kappa shape index (κ1) is 15.6. The molecule has 6 heteroatoms. The quantitative estimate of drug-likeness (QED) is 0.820. The molecule has 0 spiro atoms. The van der Waals surface area contributed by atoms with Crippen molar-refractivity contribution in [3.63, 3.8) is 0 Å². The van der Waals surface area contributed by atoms with E-state index in [0.717, 1.165) is 46.1 Å². The van der Waals surface area contributed by atoms with Crippen LogP contribution in [0.3, 0.4) is 0 Å². The van der Waals surface area contributed by atoms with Gasteiger partial charge in [-0.1, -0.05) is 6.92 Å². The van der Waals surface area contributed by atoms with Crippen LogP contribution in [0.15, 0.2) is 29.0 Å². The first-order valence-corrected chi connectivity index (χ1v) is 7.61. The number of methoxy groups -OCH3 is 1. The fourth-order valence-electron chi connectivity index (χ4n) is 1.85. The second kappa shape index (κ2) is 7.26. The molecule has 0 fully saturated rings. The summed E-state index contributed by atoms with van der Waals surface area (Å²) in [6.45, 7) is 5.01. The van der Waals surface area contributed by atoms with Crippen LogP contribution < -0.4 is 15.4 Å². The molecular formula is C15H19BrN4O. The second-order valence-electron chi connectivity index (χ2n) is 4.62. The molecule has 2 rings (SSSR count). The van der Waals surface area contributed by atoms with Crippen molar-refractivity contribution in [3.8, 4) is 5.75 Å². The molecule has 21 heavy (non-hydrogen) atoms. The molecule has 2 aromatic rings. The third kappa shape index (κ3) is 3.85. The van der Waals surface area contributed by atoms with E-state index in [1.165, 1.54) is 0 Å². The smallest absolute Gasteiger partial charge is 0.150 e. The van der Waals surface area contributed by atoms with E-state index in [2.05, 4.69) is 43.5 Å². The number of halogens is 1. The first-order valence-electron chi connectivity index (χ1n) is 6.81. The molecule has 5 nitrogen and oxygen atoms in total. The third-order valence-electron chi connectivity index (χ3n) is 3.02. The van der Waals surface area contributed by atoms with E-state index in [0.29, 0.717) is 0 Å². The van der Waals surface area contributed by atoms with E-state index in [4.69, 9.17) is 4.74 Å². The van der Waals surface area contributed by atoms with Gasteiger partial charge < -0.3 is 15.4 Å². The minimum atomic E-state index is 0.733. The van der Waals surface area contributed by atoms with Crippen LogP contribution >= 0.6 is 15.9 Å². The number of anilines is 3. The largest absolute Gasteiger partial charge is 0.497 e. The molecule has 0 aliphatic heterocycles. The highest BCUT2D eigenvalue weighted by atomic mass is 79.9. The molecule has 0 saturated carbocycles. The van der Waals surface area contributed by atoms with Gasteiger partial charge in [-0.3, -0.25) is 0 Å². The van der Waals surface area contributed by atoms with Crippen molar-refractivity contribution in [2.24, 2.45) is 0 Å². The number of benzene rings is 1. The molecule has 0 radical (unpaired) electrons. The predicted octanol–water partition coefficient (Wildman–Crippen LogP) is 4.12. The van der Waals surface area contributed by atoms with Gasteiger partial charge in [0.2, 0.25) is 0 Å². The lowest BCUT2D eigenvalue weighted by Crippen LogP contribution is -2.05. The summed E-state index contributed by atoms with van der Waals surface area (Å²) in [5.74, 6) is 2.36. The van der Waals surface area contributed by atoms with Gasteiger partial charge in [0.25, 0.3) is 0 Å².